The molecule has 9 heteroatoms. The molecule has 0 unspecified atom stereocenters. The molecule has 1 aromatic heterocycles. The molecule has 0 saturated carbocycles. The first-order valence-electron chi connectivity index (χ1n) is 6.05. The molecule has 2 aromatic rings. The number of carbonyl (C=O) groups excluding carboxylic acids is 1. The van der Waals surface area contributed by atoms with Crippen molar-refractivity contribution in [3.8, 4) is 0 Å². The number of halogens is 1. The molecular formula is C12H11ClN4O4. The highest BCUT2D eigenvalue weighted by Crippen LogP contribution is 2.24. The van der Waals surface area contributed by atoms with Gasteiger partial charge in [-0.25, -0.2) is 0 Å². The Kier molecular flexibility index (Phi) is 4.49. The molecule has 1 amide bonds. The highest BCUT2D eigenvalue weighted by Gasteiger charge is 2.16. The second-order valence-electron chi connectivity index (χ2n) is 4.06. The van der Waals surface area contributed by atoms with Crippen molar-refractivity contribution >= 4 is 23.2 Å². The number of amides is 1. The summed E-state index contributed by atoms with van der Waals surface area (Å²) in [6, 6.07) is 3.82. The van der Waals surface area contributed by atoms with E-state index in [0.29, 0.717) is 18.1 Å². The van der Waals surface area contributed by atoms with Crippen molar-refractivity contribution in [3.63, 3.8) is 0 Å². The van der Waals surface area contributed by atoms with Gasteiger partial charge in [-0.05, 0) is 12.1 Å². The maximum atomic E-state index is 11.9. The van der Waals surface area contributed by atoms with Crippen LogP contribution in [0.25, 0.3) is 0 Å². The average Bonchev–Trinajstić information content (AvgIpc) is 2.93. The van der Waals surface area contributed by atoms with Crippen molar-refractivity contribution in [1.82, 2.24) is 15.5 Å². The van der Waals surface area contributed by atoms with E-state index in [2.05, 4.69) is 15.5 Å². The Morgan fingerprint density at radius 3 is 2.90 bits per heavy atom. The molecule has 0 radical (unpaired) electrons. The number of nitrogens with zero attached hydrogens (tertiary/aromatic N) is 3. The summed E-state index contributed by atoms with van der Waals surface area (Å²) < 4.78 is 4.90. The highest BCUT2D eigenvalue weighted by atomic mass is 35.5. The summed E-state index contributed by atoms with van der Waals surface area (Å²) >= 11 is 5.68. The molecule has 0 spiro atoms. The zero-order valence-electron chi connectivity index (χ0n) is 11.0. The summed E-state index contributed by atoms with van der Waals surface area (Å²) in [5.41, 5.74) is -0.192. The molecule has 21 heavy (non-hydrogen) atoms. The van der Waals surface area contributed by atoms with E-state index in [4.69, 9.17) is 16.1 Å². The molecule has 0 atom stereocenters. The van der Waals surface area contributed by atoms with Crippen molar-refractivity contribution in [2.24, 2.45) is 0 Å². The second kappa shape index (κ2) is 6.31. The van der Waals surface area contributed by atoms with Gasteiger partial charge in [-0.1, -0.05) is 23.7 Å². The quantitative estimate of drug-likeness (QED) is 0.669. The number of aromatic nitrogens is 2. The number of rotatable bonds is 5. The third-order valence-electron chi connectivity index (χ3n) is 2.62. The summed E-state index contributed by atoms with van der Waals surface area (Å²) in [6.45, 7) is 1.93. The summed E-state index contributed by atoms with van der Waals surface area (Å²) in [5, 5.41) is 17.0. The fourth-order valence-electron chi connectivity index (χ4n) is 1.56. The van der Waals surface area contributed by atoms with Crippen LogP contribution in [0.4, 0.5) is 5.69 Å². The Hall–Kier alpha value is -2.48. The van der Waals surface area contributed by atoms with Crippen LogP contribution < -0.4 is 5.32 Å². The molecule has 0 saturated heterocycles. The van der Waals surface area contributed by atoms with Gasteiger partial charge in [-0.2, -0.15) is 4.98 Å². The van der Waals surface area contributed by atoms with E-state index in [-0.39, 0.29) is 22.8 Å². The van der Waals surface area contributed by atoms with Crippen LogP contribution in [-0.2, 0) is 13.0 Å². The minimum Gasteiger partial charge on any atom is -0.345 e. The summed E-state index contributed by atoms with van der Waals surface area (Å²) in [7, 11) is 0. The van der Waals surface area contributed by atoms with Crippen LogP contribution in [0.1, 0.15) is 29.0 Å². The Morgan fingerprint density at radius 1 is 1.52 bits per heavy atom. The average molecular weight is 311 g/mol. The van der Waals surface area contributed by atoms with Gasteiger partial charge in [0.1, 0.15) is 5.02 Å². The zero-order valence-corrected chi connectivity index (χ0v) is 11.8. The Labute approximate surface area is 124 Å². The van der Waals surface area contributed by atoms with Crippen molar-refractivity contribution < 1.29 is 14.2 Å². The van der Waals surface area contributed by atoms with E-state index < -0.39 is 10.8 Å². The van der Waals surface area contributed by atoms with Gasteiger partial charge >= 0.3 is 0 Å². The first-order chi connectivity index (χ1) is 10.0. The van der Waals surface area contributed by atoms with E-state index in [1.807, 2.05) is 6.92 Å². The van der Waals surface area contributed by atoms with Crippen molar-refractivity contribution in [2.45, 2.75) is 19.9 Å². The van der Waals surface area contributed by atoms with Gasteiger partial charge in [0.2, 0.25) is 5.89 Å². The molecule has 1 aromatic carbocycles. The van der Waals surface area contributed by atoms with Crippen LogP contribution in [0.3, 0.4) is 0 Å². The number of carbonyl (C=O) groups is 1. The molecule has 0 fully saturated rings. The van der Waals surface area contributed by atoms with E-state index >= 15 is 0 Å². The summed E-state index contributed by atoms with van der Waals surface area (Å²) in [6.07, 6.45) is 0.602. The van der Waals surface area contributed by atoms with Crippen LogP contribution in [0, 0.1) is 10.1 Å². The molecule has 1 heterocycles. The Bertz CT molecular complexity index is 686. The van der Waals surface area contributed by atoms with Gasteiger partial charge in [0.05, 0.1) is 11.5 Å². The predicted molar refractivity (Wildman–Crippen MR) is 73.0 cm³/mol. The lowest BCUT2D eigenvalue weighted by Gasteiger charge is -2.03. The third kappa shape index (κ3) is 3.54. The number of nitro benzene ring substituents is 1. The predicted octanol–water partition coefficient (Wildman–Crippen LogP) is 2.12. The van der Waals surface area contributed by atoms with Gasteiger partial charge in [0.25, 0.3) is 11.6 Å². The second-order valence-corrected chi connectivity index (χ2v) is 4.47. The number of hydrogen-bond donors (Lipinski definition) is 1. The smallest absolute Gasteiger partial charge is 0.288 e. The first kappa shape index (κ1) is 14.9. The lowest BCUT2D eigenvalue weighted by atomic mass is 10.2. The SMILES string of the molecule is CCc1nc(CNC(=O)c2ccc(Cl)c([N+](=O)[O-])c2)no1. The van der Waals surface area contributed by atoms with E-state index in [0.717, 1.165) is 6.07 Å². The van der Waals surface area contributed by atoms with Gasteiger partial charge < -0.3 is 9.84 Å². The topological polar surface area (TPSA) is 111 Å². The zero-order chi connectivity index (χ0) is 15.4. The minimum absolute atomic E-state index is 0.0256. The molecule has 0 aliphatic heterocycles. The standard InChI is InChI=1S/C12H11ClN4O4/c1-2-11-15-10(16-21-11)6-14-12(18)7-3-4-8(13)9(5-7)17(19)20/h3-5H,2,6H2,1H3,(H,14,18). The van der Waals surface area contributed by atoms with E-state index in [1.165, 1.54) is 12.1 Å². The molecule has 110 valence electrons. The van der Waals surface area contributed by atoms with Crippen LogP contribution in [0.5, 0.6) is 0 Å². The molecule has 2 rings (SSSR count). The number of nitro groups is 1. The molecule has 0 bridgehead atoms. The van der Waals surface area contributed by atoms with E-state index in [9.17, 15) is 14.9 Å². The lowest BCUT2D eigenvalue weighted by molar-refractivity contribution is -0.384. The lowest BCUT2D eigenvalue weighted by Crippen LogP contribution is -2.23. The van der Waals surface area contributed by atoms with Gasteiger partial charge in [-0.3, -0.25) is 14.9 Å². The molecular weight excluding hydrogens is 300 g/mol. The Morgan fingerprint density at radius 2 is 2.29 bits per heavy atom. The number of aryl methyl sites for hydroxylation is 1. The van der Waals surface area contributed by atoms with Crippen LogP contribution in [-0.4, -0.2) is 21.0 Å². The monoisotopic (exact) mass is 310 g/mol. The fraction of sp³-hybridized carbons (Fsp3) is 0.250. The first-order valence-corrected chi connectivity index (χ1v) is 6.42. The van der Waals surface area contributed by atoms with Crippen LogP contribution in [0.15, 0.2) is 22.7 Å². The summed E-state index contributed by atoms with van der Waals surface area (Å²) in [5.74, 6) is 0.322. The fourth-order valence-corrected chi connectivity index (χ4v) is 1.75. The number of hydrogen-bond acceptors (Lipinski definition) is 6. The molecule has 8 nitrogen and oxygen atoms in total. The highest BCUT2D eigenvalue weighted by molar-refractivity contribution is 6.32. The third-order valence-corrected chi connectivity index (χ3v) is 2.94. The minimum atomic E-state index is -0.647. The maximum absolute atomic E-state index is 11.9. The largest absolute Gasteiger partial charge is 0.345 e. The maximum Gasteiger partial charge on any atom is 0.288 e. The van der Waals surface area contributed by atoms with Crippen molar-refractivity contribution in [3.05, 3.63) is 50.6 Å². The number of nitrogens with one attached hydrogen (secondary N) is 1. The van der Waals surface area contributed by atoms with Crippen molar-refractivity contribution in [1.29, 1.82) is 0 Å². The molecule has 1 N–H and O–H groups in total. The molecule has 0 aliphatic carbocycles. The summed E-state index contributed by atoms with van der Waals surface area (Å²) in [4.78, 5) is 26.1. The van der Waals surface area contributed by atoms with Crippen molar-refractivity contribution in [2.75, 3.05) is 0 Å². The Balaban J connectivity index is 2.06. The van der Waals surface area contributed by atoms with E-state index in [1.54, 1.807) is 0 Å². The number of benzene rings is 1. The van der Waals surface area contributed by atoms with Crippen LogP contribution in [0.2, 0.25) is 5.02 Å². The molecule has 0 aliphatic rings. The van der Waals surface area contributed by atoms with Gasteiger partial charge in [0, 0.05) is 18.1 Å². The van der Waals surface area contributed by atoms with Gasteiger partial charge in [0.15, 0.2) is 5.82 Å². The normalized spacial score (nSPS) is 10.4. The van der Waals surface area contributed by atoms with Crippen LogP contribution >= 0.6 is 11.6 Å². The van der Waals surface area contributed by atoms with Gasteiger partial charge in [-0.15, -0.1) is 0 Å².